The summed E-state index contributed by atoms with van der Waals surface area (Å²) in [6.45, 7) is 0.0757. The fraction of sp³-hybridized carbons (Fsp3) is 0.235. The molecular weight excluding hydrogens is 299 g/mol. The van der Waals surface area contributed by atoms with E-state index in [1.807, 2.05) is 6.07 Å². The molecule has 0 aliphatic rings. The van der Waals surface area contributed by atoms with E-state index < -0.39 is 11.9 Å². The van der Waals surface area contributed by atoms with Gasteiger partial charge in [0.05, 0.1) is 37.6 Å². The van der Waals surface area contributed by atoms with Gasteiger partial charge in [0.15, 0.2) is 0 Å². The molecule has 0 aliphatic carbocycles. The first-order valence-corrected chi connectivity index (χ1v) is 6.92. The van der Waals surface area contributed by atoms with Gasteiger partial charge in [0.2, 0.25) is 0 Å². The fourth-order valence-electron chi connectivity index (χ4n) is 2.14. The molecule has 0 amide bonds. The third-order valence-electron chi connectivity index (χ3n) is 3.38. The Morgan fingerprint density at radius 2 is 2.00 bits per heavy atom. The zero-order chi connectivity index (χ0) is 16.8. The Hall–Kier alpha value is -2.78. The van der Waals surface area contributed by atoms with Gasteiger partial charge in [-0.3, -0.25) is 0 Å². The Morgan fingerprint density at radius 3 is 2.61 bits per heavy atom. The van der Waals surface area contributed by atoms with Crippen LogP contribution in [0, 0.1) is 17.1 Å². The van der Waals surface area contributed by atoms with E-state index in [2.05, 4.69) is 5.32 Å². The Morgan fingerprint density at radius 1 is 1.22 bits per heavy atom. The molecule has 0 spiro atoms. The van der Waals surface area contributed by atoms with Crippen LogP contribution in [0.4, 0.5) is 10.1 Å². The molecule has 0 aromatic heterocycles. The minimum absolute atomic E-state index is 0.0757. The second-order valence-corrected chi connectivity index (χ2v) is 4.81. The number of rotatable bonds is 6. The lowest BCUT2D eigenvalue weighted by molar-refractivity contribution is 0.186. The SMILES string of the molecule is COc1ccc(OC)c([C@@H](O)CNc2ccc(C#N)cc2F)c1. The molecule has 0 unspecified atom stereocenters. The Bertz CT molecular complexity index is 728. The summed E-state index contributed by atoms with van der Waals surface area (Å²) in [5.41, 5.74) is 0.987. The van der Waals surface area contributed by atoms with Gasteiger partial charge in [0.25, 0.3) is 0 Å². The lowest BCUT2D eigenvalue weighted by Gasteiger charge is -2.17. The predicted octanol–water partition coefficient (Wildman–Crippen LogP) is 2.86. The summed E-state index contributed by atoms with van der Waals surface area (Å²) >= 11 is 0. The van der Waals surface area contributed by atoms with Crippen molar-refractivity contribution in [3.8, 4) is 17.6 Å². The van der Waals surface area contributed by atoms with E-state index in [0.717, 1.165) is 6.07 Å². The predicted molar refractivity (Wildman–Crippen MR) is 84.1 cm³/mol. The molecule has 23 heavy (non-hydrogen) atoms. The minimum Gasteiger partial charge on any atom is -0.497 e. The van der Waals surface area contributed by atoms with E-state index in [0.29, 0.717) is 17.1 Å². The second kappa shape index (κ2) is 7.47. The van der Waals surface area contributed by atoms with Gasteiger partial charge in [-0.15, -0.1) is 0 Å². The zero-order valence-corrected chi connectivity index (χ0v) is 12.8. The summed E-state index contributed by atoms with van der Waals surface area (Å²) in [7, 11) is 3.04. The van der Waals surface area contributed by atoms with E-state index in [4.69, 9.17) is 14.7 Å². The number of halogens is 1. The molecule has 2 rings (SSSR count). The molecule has 2 aromatic carbocycles. The number of nitriles is 1. The van der Waals surface area contributed by atoms with Gasteiger partial charge in [-0.05, 0) is 36.4 Å². The van der Waals surface area contributed by atoms with Crippen molar-refractivity contribution in [3.05, 3.63) is 53.3 Å². The molecule has 120 valence electrons. The Labute approximate surface area is 133 Å². The van der Waals surface area contributed by atoms with Gasteiger partial charge in [0, 0.05) is 12.1 Å². The molecule has 0 saturated carbocycles. The number of anilines is 1. The van der Waals surface area contributed by atoms with E-state index in [9.17, 15) is 9.50 Å². The fourth-order valence-corrected chi connectivity index (χ4v) is 2.14. The van der Waals surface area contributed by atoms with Gasteiger partial charge in [-0.25, -0.2) is 4.39 Å². The van der Waals surface area contributed by atoms with Crippen LogP contribution >= 0.6 is 0 Å². The number of nitrogens with one attached hydrogen (secondary N) is 1. The van der Waals surface area contributed by atoms with Crippen LogP contribution in [0.2, 0.25) is 0 Å². The molecule has 2 N–H and O–H groups in total. The highest BCUT2D eigenvalue weighted by Crippen LogP contribution is 2.29. The van der Waals surface area contributed by atoms with Crippen LogP contribution < -0.4 is 14.8 Å². The quantitative estimate of drug-likeness (QED) is 0.857. The third-order valence-corrected chi connectivity index (χ3v) is 3.38. The van der Waals surface area contributed by atoms with Crippen LogP contribution in [0.15, 0.2) is 36.4 Å². The summed E-state index contributed by atoms with van der Waals surface area (Å²) in [5, 5.41) is 21.9. The van der Waals surface area contributed by atoms with Gasteiger partial charge >= 0.3 is 0 Å². The van der Waals surface area contributed by atoms with Gasteiger partial charge in [-0.1, -0.05) is 0 Å². The van der Waals surface area contributed by atoms with E-state index >= 15 is 0 Å². The third kappa shape index (κ3) is 3.90. The standard InChI is InChI=1S/C17H17FN2O3/c1-22-12-4-6-17(23-2)13(8-12)16(21)10-20-15-5-3-11(9-19)7-14(15)18/h3-8,16,20-21H,10H2,1-2H3/t16-/m0/s1. The normalized spacial score (nSPS) is 11.4. The minimum atomic E-state index is -0.921. The lowest BCUT2D eigenvalue weighted by Crippen LogP contribution is -2.14. The summed E-state index contributed by atoms with van der Waals surface area (Å²) in [6.07, 6.45) is -0.921. The van der Waals surface area contributed by atoms with Crippen molar-refractivity contribution in [2.75, 3.05) is 26.1 Å². The van der Waals surface area contributed by atoms with Gasteiger partial charge in [-0.2, -0.15) is 5.26 Å². The largest absolute Gasteiger partial charge is 0.497 e. The number of ether oxygens (including phenoxy) is 2. The maximum atomic E-state index is 13.8. The number of nitrogens with zero attached hydrogens (tertiary/aromatic N) is 1. The summed E-state index contributed by atoms with van der Waals surface area (Å²) in [6, 6.07) is 11.1. The number of hydrogen-bond donors (Lipinski definition) is 2. The van der Waals surface area contributed by atoms with Crippen LogP contribution in [0.1, 0.15) is 17.2 Å². The number of hydrogen-bond acceptors (Lipinski definition) is 5. The van der Waals surface area contributed by atoms with Crippen molar-refractivity contribution in [2.45, 2.75) is 6.10 Å². The maximum absolute atomic E-state index is 13.8. The number of methoxy groups -OCH3 is 2. The summed E-state index contributed by atoms with van der Waals surface area (Å²) in [5.74, 6) is 0.554. The van der Waals surface area contributed by atoms with E-state index in [1.165, 1.54) is 26.4 Å². The maximum Gasteiger partial charge on any atom is 0.147 e. The smallest absolute Gasteiger partial charge is 0.147 e. The molecule has 0 fully saturated rings. The van der Waals surface area contributed by atoms with Crippen molar-refractivity contribution >= 4 is 5.69 Å². The van der Waals surface area contributed by atoms with Crippen LogP contribution in [0.25, 0.3) is 0 Å². The highest BCUT2D eigenvalue weighted by molar-refractivity contribution is 5.49. The number of benzene rings is 2. The van der Waals surface area contributed by atoms with Gasteiger partial charge in [0.1, 0.15) is 17.3 Å². The van der Waals surface area contributed by atoms with Crippen molar-refractivity contribution in [1.82, 2.24) is 0 Å². The second-order valence-electron chi connectivity index (χ2n) is 4.81. The Kier molecular flexibility index (Phi) is 5.39. The molecule has 5 nitrogen and oxygen atoms in total. The van der Waals surface area contributed by atoms with Crippen molar-refractivity contribution < 1.29 is 19.0 Å². The number of aliphatic hydroxyl groups excluding tert-OH is 1. The van der Waals surface area contributed by atoms with Crippen LogP contribution in [-0.2, 0) is 0 Å². The molecule has 1 atom stereocenters. The average molecular weight is 316 g/mol. The summed E-state index contributed by atoms with van der Waals surface area (Å²) in [4.78, 5) is 0. The monoisotopic (exact) mass is 316 g/mol. The molecule has 0 saturated heterocycles. The molecule has 0 radical (unpaired) electrons. The first-order chi connectivity index (χ1) is 11.1. The van der Waals surface area contributed by atoms with Crippen molar-refractivity contribution in [1.29, 1.82) is 5.26 Å². The molecule has 6 heteroatoms. The summed E-state index contributed by atoms with van der Waals surface area (Å²) < 4.78 is 24.2. The lowest BCUT2D eigenvalue weighted by atomic mass is 10.1. The highest BCUT2D eigenvalue weighted by atomic mass is 19.1. The topological polar surface area (TPSA) is 74.5 Å². The van der Waals surface area contributed by atoms with Gasteiger partial charge < -0.3 is 19.9 Å². The van der Waals surface area contributed by atoms with E-state index in [-0.39, 0.29) is 17.8 Å². The van der Waals surface area contributed by atoms with Crippen molar-refractivity contribution in [2.24, 2.45) is 0 Å². The molecule has 0 bridgehead atoms. The molecule has 0 heterocycles. The van der Waals surface area contributed by atoms with E-state index in [1.54, 1.807) is 18.2 Å². The first-order valence-electron chi connectivity index (χ1n) is 6.92. The van der Waals surface area contributed by atoms with Crippen LogP contribution in [0.5, 0.6) is 11.5 Å². The molecular formula is C17H17FN2O3. The van der Waals surface area contributed by atoms with Crippen molar-refractivity contribution in [3.63, 3.8) is 0 Å². The first kappa shape index (κ1) is 16.6. The van der Waals surface area contributed by atoms with Crippen LogP contribution in [0.3, 0.4) is 0 Å². The van der Waals surface area contributed by atoms with Crippen LogP contribution in [-0.4, -0.2) is 25.9 Å². The molecule has 2 aromatic rings. The zero-order valence-electron chi connectivity index (χ0n) is 12.8. The molecule has 0 aliphatic heterocycles. The number of aliphatic hydroxyl groups is 1. The highest BCUT2D eigenvalue weighted by Gasteiger charge is 2.15. The average Bonchev–Trinajstić information content (AvgIpc) is 2.59. The Balaban J connectivity index is 2.13.